The average molecular weight is 377 g/mol. The van der Waals surface area contributed by atoms with Gasteiger partial charge in [0.15, 0.2) is 5.78 Å². The summed E-state index contributed by atoms with van der Waals surface area (Å²) in [6.07, 6.45) is 3.90. The van der Waals surface area contributed by atoms with E-state index in [-0.39, 0.29) is 17.4 Å². The first-order valence-electron chi connectivity index (χ1n) is 8.82. The quantitative estimate of drug-likeness (QED) is 0.550. The fourth-order valence-corrected chi connectivity index (χ4v) is 3.99. The van der Waals surface area contributed by atoms with Crippen LogP contribution < -0.4 is 5.32 Å². The third-order valence-electron chi connectivity index (χ3n) is 5.20. The predicted octanol–water partition coefficient (Wildman–Crippen LogP) is 3.20. The molecule has 0 radical (unpaired) electrons. The van der Waals surface area contributed by atoms with Gasteiger partial charge in [0.1, 0.15) is 18.1 Å². The minimum Gasteiger partial charge on any atom is -0.469 e. The third kappa shape index (κ3) is 2.51. The van der Waals surface area contributed by atoms with E-state index in [0.29, 0.717) is 29.9 Å². The Morgan fingerprint density at radius 3 is 2.93 bits per heavy atom. The van der Waals surface area contributed by atoms with Crippen LogP contribution in [0.1, 0.15) is 36.1 Å². The number of nitrogens with zero attached hydrogens (tertiary/aromatic N) is 4. The van der Waals surface area contributed by atoms with E-state index in [2.05, 4.69) is 15.4 Å². The molecule has 0 spiro atoms. The number of Topliss-reactive ketones (excluding diaryl/α,β-unsaturated/α-hetero) is 1. The summed E-state index contributed by atoms with van der Waals surface area (Å²) >= 11 is 0. The van der Waals surface area contributed by atoms with Gasteiger partial charge in [0.05, 0.1) is 11.2 Å². The molecule has 0 unspecified atom stereocenters. The maximum Gasteiger partial charge on any atom is 0.269 e. The molecule has 1 N–H and O–H groups in total. The number of nitro groups is 1. The van der Waals surface area contributed by atoms with Gasteiger partial charge in [0, 0.05) is 35.7 Å². The average Bonchev–Trinajstić information content (AvgIpc) is 3.38. The van der Waals surface area contributed by atoms with Gasteiger partial charge in [-0.3, -0.25) is 14.9 Å². The van der Waals surface area contributed by atoms with Gasteiger partial charge in [-0.15, -0.1) is 0 Å². The molecule has 0 amide bonds. The monoisotopic (exact) mass is 377 g/mol. The molecule has 1 aliphatic heterocycles. The Labute approximate surface area is 158 Å². The molecule has 3 aromatic rings. The lowest BCUT2D eigenvalue weighted by Gasteiger charge is -2.34. The second-order valence-corrected chi connectivity index (χ2v) is 6.84. The van der Waals surface area contributed by atoms with Crippen molar-refractivity contribution in [1.82, 2.24) is 14.8 Å². The van der Waals surface area contributed by atoms with Crippen molar-refractivity contribution in [1.29, 1.82) is 0 Å². The Kier molecular flexibility index (Phi) is 3.61. The van der Waals surface area contributed by atoms with Gasteiger partial charge < -0.3 is 9.73 Å². The summed E-state index contributed by atoms with van der Waals surface area (Å²) in [6.45, 7) is 0. The van der Waals surface area contributed by atoms with Crippen molar-refractivity contribution in [2.45, 2.75) is 24.8 Å². The molecular formula is C19H15N5O4. The highest BCUT2D eigenvalue weighted by atomic mass is 16.6. The summed E-state index contributed by atoms with van der Waals surface area (Å²) in [5.41, 5.74) is 1.92. The summed E-state index contributed by atoms with van der Waals surface area (Å²) in [5, 5.41) is 18.7. The second-order valence-electron chi connectivity index (χ2n) is 6.84. The lowest BCUT2D eigenvalue weighted by atomic mass is 9.79. The molecule has 2 atom stereocenters. The van der Waals surface area contributed by atoms with Crippen LogP contribution in [0, 0.1) is 10.1 Å². The van der Waals surface area contributed by atoms with Crippen LogP contribution in [0.3, 0.4) is 0 Å². The number of ketones is 1. The van der Waals surface area contributed by atoms with Crippen LogP contribution in [0.15, 0.2) is 64.7 Å². The molecule has 0 bridgehead atoms. The number of nitrogens with one attached hydrogen (secondary N) is 1. The number of carbonyl (C=O) groups is 1. The Morgan fingerprint density at radius 2 is 2.14 bits per heavy atom. The van der Waals surface area contributed by atoms with Gasteiger partial charge >= 0.3 is 0 Å². The van der Waals surface area contributed by atoms with E-state index in [4.69, 9.17) is 4.42 Å². The van der Waals surface area contributed by atoms with Crippen LogP contribution in [0.5, 0.6) is 0 Å². The normalized spacial score (nSPS) is 21.1. The largest absolute Gasteiger partial charge is 0.469 e. The molecule has 140 valence electrons. The van der Waals surface area contributed by atoms with Gasteiger partial charge in [-0.05, 0) is 24.1 Å². The second kappa shape index (κ2) is 6.15. The van der Waals surface area contributed by atoms with Gasteiger partial charge in [0.2, 0.25) is 5.95 Å². The van der Waals surface area contributed by atoms with Crippen molar-refractivity contribution in [2.75, 3.05) is 5.32 Å². The summed E-state index contributed by atoms with van der Waals surface area (Å²) in [5.74, 6) is 1.17. The topological polar surface area (TPSA) is 116 Å². The Hall–Kier alpha value is -3.75. The number of fused-ring (bicyclic) bond motifs is 1. The predicted molar refractivity (Wildman–Crippen MR) is 97.6 cm³/mol. The van der Waals surface area contributed by atoms with E-state index >= 15 is 0 Å². The van der Waals surface area contributed by atoms with Crippen molar-refractivity contribution in [2.24, 2.45) is 0 Å². The highest BCUT2D eigenvalue weighted by molar-refractivity contribution is 6.00. The van der Waals surface area contributed by atoms with Gasteiger partial charge in [-0.25, -0.2) is 4.68 Å². The van der Waals surface area contributed by atoms with Gasteiger partial charge in [-0.2, -0.15) is 10.1 Å². The Morgan fingerprint density at radius 1 is 1.25 bits per heavy atom. The standard InChI is InChI=1S/C19H15N5O4/c25-15-9-12(16-5-2-6-28-16)8-14-17(15)18(23-19(22-14)20-10-21-23)11-3-1-4-13(7-11)24(26)27/h1-7,10,12,18H,8-9H2,(H,20,21,22)/t12-,18+/m0/s1. The van der Waals surface area contributed by atoms with Crippen molar-refractivity contribution in [3.05, 3.63) is 81.7 Å². The molecule has 5 rings (SSSR count). The van der Waals surface area contributed by atoms with Crippen LogP contribution in [-0.4, -0.2) is 25.5 Å². The highest BCUT2D eigenvalue weighted by Gasteiger charge is 2.40. The number of aromatic nitrogens is 3. The van der Waals surface area contributed by atoms with Gasteiger partial charge in [-0.1, -0.05) is 12.1 Å². The van der Waals surface area contributed by atoms with Crippen molar-refractivity contribution in [3.8, 4) is 0 Å². The Bertz CT molecular complexity index is 1120. The van der Waals surface area contributed by atoms with E-state index in [1.807, 2.05) is 6.07 Å². The van der Waals surface area contributed by atoms with Crippen LogP contribution in [0.2, 0.25) is 0 Å². The van der Waals surface area contributed by atoms with E-state index in [1.54, 1.807) is 29.1 Å². The lowest BCUT2D eigenvalue weighted by molar-refractivity contribution is -0.384. The first-order chi connectivity index (χ1) is 13.6. The first-order valence-corrected chi connectivity index (χ1v) is 8.82. The van der Waals surface area contributed by atoms with Gasteiger partial charge in [0.25, 0.3) is 5.69 Å². The fourth-order valence-electron chi connectivity index (χ4n) is 3.99. The van der Waals surface area contributed by atoms with Crippen LogP contribution in [0.25, 0.3) is 0 Å². The zero-order chi connectivity index (χ0) is 19.3. The Balaban J connectivity index is 1.63. The maximum absolute atomic E-state index is 13.1. The zero-order valence-electron chi connectivity index (χ0n) is 14.6. The number of rotatable bonds is 3. The van der Waals surface area contributed by atoms with Crippen LogP contribution in [-0.2, 0) is 4.79 Å². The summed E-state index contributed by atoms with van der Waals surface area (Å²) < 4.78 is 7.10. The zero-order valence-corrected chi connectivity index (χ0v) is 14.6. The molecule has 1 aromatic carbocycles. The van der Waals surface area contributed by atoms with E-state index in [0.717, 1.165) is 11.5 Å². The molecule has 2 aliphatic rings. The maximum atomic E-state index is 13.1. The fraction of sp³-hybridized carbons (Fsp3) is 0.211. The summed E-state index contributed by atoms with van der Waals surface area (Å²) in [6, 6.07) is 9.41. The number of hydrogen-bond acceptors (Lipinski definition) is 7. The summed E-state index contributed by atoms with van der Waals surface area (Å²) in [4.78, 5) is 28.1. The first kappa shape index (κ1) is 16.4. The summed E-state index contributed by atoms with van der Waals surface area (Å²) in [7, 11) is 0. The molecule has 9 nitrogen and oxygen atoms in total. The number of anilines is 1. The number of allylic oxidation sites excluding steroid dienone is 2. The number of furan rings is 1. The number of nitro benzene ring substituents is 1. The van der Waals surface area contributed by atoms with Crippen molar-refractivity contribution < 1.29 is 14.1 Å². The third-order valence-corrected chi connectivity index (χ3v) is 5.20. The molecule has 2 aromatic heterocycles. The molecule has 0 saturated carbocycles. The SMILES string of the molecule is O=C1C[C@@H](c2ccco2)CC2=C1[C@@H](c1cccc([N+](=O)[O-])c1)n1ncnc1N2. The van der Waals surface area contributed by atoms with Crippen molar-refractivity contribution in [3.63, 3.8) is 0 Å². The molecular weight excluding hydrogens is 362 g/mol. The minimum atomic E-state index is -0.557. The van der Waals surface area contributed by atoms with Crippen LogP contribution in [0.4, 0.5) is 11.6 Å². The molecule has 3 heterocycles. The molecule has 0 saturated heterocycles. The number of non-ortho nitro benzene ring substituents is 1. The molecule has 0 fully saturated rings. The van der Waals surface area contributed by atoms with E-state index in [1.165, 1.54) is 18.5 Å². The van der Waals surface area contributed by atoms with Crippen molar-refractivity contribution >= 4 is 17.4 Å². The number of hydrogen-bond donors (Lipinski definition) is 1. The number of benzene rings is 1. The number of carbonyl (C=O) groups excluding carboxylic acids is 1. The molecule has 1 aliphatic carbocycles. The van der Waals surface area contributed by atoms with Crippen LogP contribution >= 0.6 is 0 Å². The van der Waals surface area contributed by atoms with E-state index in [9.17, 15) is 14.9 Å². The molecule has 28 heavy (non-hydrogen) atoms. The molecule has 9 heteroatoms. The minimum absolute atomic E-state index is 0.0310. The van der Waals surface area contributed by atoms with E-state index < -0.39 is 11.0 Å². The highest BCUT2D eigenvalue weighted by Crippen LogP contribution is 2.44. The lowest BCUT2D eigenvalue weighted by Crippen LogP contribution is -2.33. The smallest absolute Gasteiger partial charge is 0.269 e.